The Morgan fingerprint density at radius 1 is 1.11 bits per heavy atom. The van der Waals surface area contributed by atoms with Gasteiger partial charge in [-0.25, -0.2) is 8.42 Å². The van der Waals surface area contributed by atoms with Crippen molar-refractivity contribution in [1.29, 1.82) is 0 Å². The van der Waals surface area contributed by atoms with Crippen LogP contribution < -0.4 is 9.64 Å². The van der Waals surface area contributed by atoms with Crippen molar-refractivity contribution in [2.75, 3.05) is 23.5 Å². The van der Waals surface area contributed by atoms with Gasteiger partial charge in [-0.3, -0.25) is 4.99 Å². The number of ether oxygens (including phenoxy) is 1. The summed E-state index contributed by atoms with van der Waals surface area (Å²) < 4.78 is 29.6. The van der Waals surface area contributed by atoms with Crippen LogP contribution in [0, 0.1) is 13.8 Å². The minimum absolute atomic E-state index is 0.106. The first-order valence-corrected chi connectivity index (χ1v) is 12.1. The predicted octanol–water partition coefficient (Wildman–Crippen LogP) is 3.59. The topological polar surface area (TPSA) is 59.0 Å². The van der Waals surface area contributed by atoms with Gasteiger partial charge in [0.2, 0.25) is 0 Å². The molecule has 2 atom stereocenters. The van der Waals surface area contributed by atoms with Crippen molar-refractivity contribution in [2.45, 2.75) is 31.7 Å². The van der Waals surface area contributed by atoms with Crippen molar-refractivity contribution >= 4 is 32.5 Å². The molecule has 5 nitrogen and oxygen atoms in total. The number of amidine groups is 1. The van der Waals surface area contributed by atoms with Crippen LogP contribution in [0.15, 0.2) is 47.5 Å². The molecule has 2 aromatic carbocycles. The summed E-state index contributed by atoms with van der Waals surface area (Å²) in [7, 11) is -1.38. The normalized spacial score (nSPS) is 22.8. The maximum absolute atomic E-state index is 12.2. The number of hydrogen-bond acceptors (Lipinski definition) is 6. The van der Waals surface area contributed by atoms with Crippen molar-refractivity contribution in [3.8, 4) is 5.75 Å². The zero-order chi connectivity index (χ0) is 19.9. The van der Waals surface area contributed by atoms with Crippen LogP contribution in [-0.4, -0.2) is 44.3 Å². The van der Waals surface area contributed by atoms with Crippen molar-refractivity contribution in [1.82, 2.24) is 0 Å². The molecule has 2 aliphatic heterocycles. The molecule has 0 amide bonds. The van der Waals surface area contributed by atoms with Crippen LogP contribution in [0.3, 0.4) is 0 Å². The van der Waals surface area contributed by atoms with Gasteiger partial charge in [-0.05, 0) is 54.8 Å². The lowest BCUT2D eigenvalue weighted by Crippen LogP contribution is -2.39. The average molecular weight is 417 g/mol. The number of benzene rings is 2. The van der Waals surface area contributed by atoms with E-state index >= 15 is 0 Å². The van der Waals surface area contributed by atoms with Crippen molar-refractivity contribution < 1.29 is 13.2 Å². The Hall–Kier alpha value is -1.99. The van der Waals surface area contributed by atoms with E-state index in [-0.39, 0.29) is 23.6 Å². The molecule has 0 unspecified atom stereocenters. The molecule has 0 spiro atoms. The van der Waals surface area contributed by atoms with E-state index in [0.717, 1.165) is 22.4 Å². The lowest BCUT2D eigenvalue weighted by Gasteiger charge is -2.27. The number of methoxy groups -OCH3 is 1. The number of aliphatic imine (C=N–C) groups is 1. The molecule has 0 N–H and O–H groups in total. The number of sulfone groups is 1. The minimum Gasteiger partial charge on any atom is -0.497 e. The molecule has 2 heterocycles. The summed E-state index contributed by atoms with van der Waals surface area (Å²) in [4.78, 5) is 6.94. The van der Waals surface area contributed by atoms with Gasteiger partial charge in [0.25, 0.3) is 0 Å². The number of hydrogen-bond donors (Lipinski definition) is 0. The van der Waals surface area contributed by atoms with Gasteiger partial charge in [0, 0.05) is 11.4 Å². The van der Waals surface area contributed by atoms with Gasteiger partial charge in [-0.2, -0.15) is 0 Å². The van der Waals surface area contributed by atoms with Gasteiger partial charge in [0.15, 0.2) is 15.0 Å². The first-order chi connectivity index (χ1) is 13.4. The number of anilines is 1. The molecular formula is C21H24N2O3S2. The molecule has 0 saturated carbocycles. The van der Waals surface area contributed by atoms with E-state index in [1.807, 2.05) is 24.3 Å². The van der Waals surface area contributed by atoms with E-state index in [2.05, 4.69) is 36.9 Å². The summed E-state index contributed by atoms with van der Waals surface area (Å²) >= 11 is 1.66. The summed E-state index contributed by atoms with van der Waals surface area (Å²) in [5, 5.41) is 0.906. The van der Waals surface area contributed by atoms with Crippen LogP contribution in [0.5, 0.6) is 5.75 Å². The Morgan fingerprint density at radius 2 is 1.86 bits per heavy atom. The lowest BCUT2D eigenvalue weighted by molar-refractivity contribution is 0.414. The van der Waals surface area contributed by atoms with Gasteiger partial charge in [0.05, 0.1) is 30.7 Å². The number of fused-ring (bicyclic) bond motifs is 1. The standard InChI is InChI=1S/C21H24N2O3S2/c1-14-4-7-17(10-15(14)2)23-20-13-28(24,25)12-19(20)22-21(23)27-11-16-5-8-18(26-3)9-6-16/h4-10,19-20H,11-13H2,1-3H3/t19-,20+/m0/s1. The number of thioether (sulfide) groups is 1. The zero-order valence-corrected chi connectivity index (χ0v) is 17.9. The van der Waals surface area contributed by atoms with Crippen LogP contribution >= 0.6 is 11.8 Å². The molecular weight excluding hydrogens is 392 g/mol. The van der Waals surface area contributed by atoms with E-state index in [0.29, 0.717) is 0 Å². The minimum atomic E-state index is -3.03. The Kier molecular flexibility index (Phi) is 5.14. The quantitative estimate of drug-likeness (QED) is 0.762. The van der Waals surface area contributed by atoms with Gasteiger partial charge < -0.3 is 9.64 Å². The number of aryl methyl sites for hydroxylation is 2. The molecule has 0 bridgehead atoms. The average Bonchev–Trinajstić information content (AvgIpc) is 3.14. The molecule has 0 radical (unpaired) electrons. The number of nitrogens with zero attached hydrogens (tertiary/aromatic N) is 2. The molecule has 148 valence electrons. The predicted molar refractivity (Wildman–Crippen MR) is 116 cm³/mol. The van der Waals surface area contributed by atoms with Gasteiger partial charge in [0.1, 0.15) is 5.75 Å². The van der Waals surface area contributed by atoms with Gasteiger partial charge >= 0.3 is 0 Å². The molecule has 1 saturated heterocycles. The lowest BCUT2D eigenvalue weighted by atomic mass is 10.1. The molecule has 0 aromatic heterocycles. The van der Waals surface area contributed by atoms with Crippen LogP contribution in [-0.2, 0) is 15.6 Å². The van der Waals surface area contributed by atoms with E-state index in [1.165, 1.54) is 16.7 Å². The highest BCUT2D eigenvalue weighted by Gasteiger charge is 2.47. The van der Waals surface area contributed by atoms with Crippen LogP contribution in [0.2, 0.25) is 0 Å². The molecule has 28 heavy (non-hydrogen) atoms. The monoisotopic (exact) mass is 416 g/mol. The van der Waals surface area contributed by atoms with E-state index < -0.39 is 9.84 Å². The maximum atomic E-state index is 12.2. The second-order valence-corrected chi connectivity index (χ2v) is 10.5. The largest absolute Gasteiger partial charge is 0.497 e. The van der Waals surface area contributed by atoms with E-state index in [1.54, 1.807) is 18.9 Å². The highest BCUT2D eigenvalue weighted by Crippen LogP contribution is 2.36. The third-order valence-corrected chi connectivity index (χ3v) is 8.14. The van der Waals surface area contributed by atoms with Crippen molar-refractivity contribution in [3.63, 3.8) is 0 Å². The number of rotatable bonds is 4. The fraction of sp³-hybridized carbons (Fsp3) is 0.381. The van der Waals surface area contributed by atoms with Crippen molar-refractivity contribution in [3.05, 3.63) is 59.2 Å². The summed E-state index contributed by atoms with van der Waals surface area (Å²) in [5.41, 5.74) is 4.62. The Morgan fingerprint density at radius 3 is 2.54 bits per heavy atom. The summed E-state index contributed by atoms with van der Waals surface area (Å²) in [6, 6.07) is 14.0. The Labute approximate surface area is 170 Å². The summed E-state index contributed by atoms with van der Waals surface area (Å²) in [5.74, 6) is 1.92. The summed E-state index contributed by atoms with van der Waals surface area (Å²) in [6.45, 7) is 4.17. The fourth-order valence-electron chi connectivity index (χ4n) is 3.68. The Bertz CT molecular complexity index is 1020. The first-order valence-electron chi connectivity index (χ1n) is 9.27. The first kappa shape index (κ1) is 19.3. The smallest absolute Gasteiger partial charge is 0.164 e. The Balaban J connectivity index is 1.60. The second kappa shape index (κ2) is 7.44. The van der Waals surface area contributed by atoms with E-state index in [9.17, 15) is 8.42 Å². The zero-order valence-electron chi connectivity index (χ0n) is 16.3. The van der Waals surface area contributed by atoms with Crippen LogP contribution in [0.4, 0.5) is 5.69 Å². The van der Waals surface area contributed by atoms with Gasteiger partial charge in [-0.1, -0.05) is 30.0 Å². The molecule has 4 rings (SSSR count). The molecule has 1 fully saturated rings. The van der Waals surface area contributed by atoms with Gasteiger partial charge in [-0.15, -0.1) is 0 Å². The molecule has 0 aliphatic carbocycles. The SMILES string of the molecule is COc1ccc(CSC2=N[C@H]3CS(=O)(=O)C[C@H]3N2c2ccc(C)c(C)c2)cc1. The third-order valence-electron chi connectivity index (χ3n) is 5.40. The molecule has 2 aromatic rings. The van der Waals surface area contributed by atoms with Crippen molar-refractivity contribution in [2.24, 2.45) is 4.99 Å². The maximum Gasteiger partial charge on any atom is 0.164 e. The highest BCUT2D eigenvalue weighted by atomic mass is 32.2. The third kappa shape index (κ3) is 3.78. The summed E-state index contributed by atoms with van der Waals surface area (Å²) in [6.07, 6.45) is 0. The fourth-order valence-corrected chi connectivity index (χ4v) is 6.60. The molecule has 7 heteroatoms. The van der Waals surface area contributed by atoms with Crippen LogP contribution in [0.25, 0.3) is 0 Å². The van der Waals surface area contributed by atoms with E-state index in [4.69, 9.17) is 9.73 Å². The highest BCUT2D eigenvalue weighted by molar-refractivity contribution is 8.13. The second-order valence-electron chi connectivity index (χ2n) is 7.40. The van der Waals surface area contributed by atoms with Crippen LogP contribution in [0.1, 0.15) is 16.7 Å². The molecule has 2 aliphatic rings.